The lowest BCUT2D eigenvalue weighted by Crippen LogP contribution is -2.46. The van der Waals surface area contributed by atoms with Crippen molar-refractivity contribution in [2.75, 3.05) is 13.1 Å². The summed E-state index contributed by atoms with van der Waals surface area (Å²) < 4.78 is 0. The number of carbonyl (C=O) groups excluding carboxylic acids is 1. The highest BCUT2D eigenvalue weighted by atomic mass is 16.3. The summed E-state index contributed by atoms with van der Waals surface area (Å²) in [6.45, 7) is 5.54. The first-order valence-corrected chi connectivity index (χ1v) is 7.55. The van der Waals surface area contributed by atoms with Gasteiger partial charge in [0.15, 0.2) is 0 Å². The molecule has 19 heavy (non-hydrogen) atoms. The van der Waals surface area contributed by atoms with Crippen LogP contribution in [0.3, 0.4) is 0 Å². The number of aliphatic hydroxyl groups is 1. The third-order valence-electron chi connectivity index (χ3n) is 4.49. The van der Waals surface area contributed by atoms with Gasteiger partial charge in [0, 0.05) is 19.1 Å². The monoisotopic (exact) mass is 266 g/mol. The van der Waals surface area contributed by atoms with Crippen LogP contribution >= 0.6 is 0 Å². The Morgan fingerprint density at radius 3 is 2.42 bits per heavy atom. The van der Waals surface area contributed by atoms with Crippen LogP contribution in [0.2, 0.25) is 0 Å². The first-order valence-electron chi connectivity index (χ1n) is 7.55. The van der Waals surface area contributed by atoms with Crippen molar-refractivity contribution in [2.24, 2.45) is 5.92 Å². The molecule has 1 atom stereocenters. The van der Waals surface area contributed by atoms with Crippen LogP contribution in [-0.4, -0.2) is 41.3 Å². The van der Waals surface area contributed by atoms with Gasteiger partial charge in [0.05, 0.1) is 0 Å². The van der Waals surface area contributed by atoms with E-state index in [1.165, 1.54) is 25.3 Å². The molecule has 4 nitrogen and oxygen atoms in total. The number of aliphatic hydroxyl groups excluding tert-OH is 1. The Bertz CT molecular complexity index is 305. The van der Waals surface area contributed by atoms with E-state index in [2.05, 4.69) is 16.8 Å². The van der Waals surface area contributed by atoms with Gasteiger partial charge in [-0.05, 0) is 50.5 Å². The van der Waals surface area contributed by atoms with Crippen LogP contribution in [0.15, 0.2) is 12.7 Å². The van der Waals surface area contributed by atoms with Crippen molar-refractivity contribution in [3.63, 3.8) is 0 Å². The predicted molar refractivity (Wildman–Crippen MR) is 75.5 cm³/mol. The average Bonchev–Trinajstić information content (AvgIpc) is 2.48. The summed E-state index contributed by atoms with van der Waals surface area (Å²) >= 11 is 0. The zero-order valence-corrected chi connectivity index (χ0v) is 11.7. The molecule has 1 saturated carbocycles. The SMILES string of the molecule is C=CC(=O)NC1CCC(C(O)N2CCCCC2)CC1. The zero-order chi connectivity index (χ0) is 13.7. The highest BCUT2D eigenvalue weighted by Crippen LogP contribution is 2.29. The van der Waals surface area contributed by atoms with Crippen LogP contribution in [0.25, 0.3) is 0 Å². The molecule has 1 saturated heterocycles. The van der Waals surface area contributed by atoms with Crippen molar-refractivity contribution < 1.29 is 9.90 Å². The topological polar surface area (TPSA) is 52.6 Å². The van der Waals surface area contributed by atoms with Crippen molar-refractivity contribution in [1.82, 2.24) is 10.2 Å². The predicted octanol–water partition coefficient (Wildman–Crippen LogP) is 1.65. The molecule has 0 radical (unpaired) electrons. The highest BCUT2D eigenvalue weighted by molar-refractivity contribution is 5.87. The van der Waals surface area contributed by atoms with Crippen LogP contribution in [-0.2, 0) is 4.79 Å². The fourth-order valence-corrected chi connectivity index (χ4v) is 3.30. The lowest BCUT2D eigenvalue weighted by molar-refractivity contribution is -0.117. The fraction of sp³-hybridized carbons (Fsp3) is 0.800. The Labute approximate surface area is 115 Å². The maximum atomic E-state index is 11.3. The molecule has 2 aliphatic rings. The van der Waals surface area contributed by atoms with Gasteiger partial charge in [-0.25, -0.2) is 0 Å². The molecule has 0 aromatic rings. The van der Waals surface area contributed by atoms with Crippen LogP contribution in [0.4, 0.5) is 0 Å². The second-order valence-electron chi connectivity index (χ2n) is 5.83. The molecule has 108 valence electrons. The van der Waals surface area contributed by atoms with E-state index in [0.29, 0.717) is 5.92 Å². The van der Waals surface area contributed by atoms with Crippen molar-refractivity contribution in [2.45, 2.75) is 57.2 Å². The molecule has 0 bridgehead atoms. The molecule has 0 aromatic heterocycles. The fourth-order valence-electron chi connectivity index (χ4n) is 3.30. The van der Waals surface area contributed by atoms with Crippen LogP contribution in [0.1, 0.15) is 44.9 Å². The van der Waals surface area contributed by atoms with Gasteiger partial charge in [-0.15, -0.1) is 0 Å². The van der Waals surface area contributed by atoms with E-state index in [0.717, 1.165) is 38.8 Å². The van der Waals surface area contributed by atoms with Gasteiger partial charge in [-0.3, -0.25) is 9.69 Å². The molecule has 2 fully saturated rings. The van der Waals surface area contributed by atoms with Gasteiger partial charge in [0.25, 0.3) is 0 Å². The summed E-state index contributed by atoms with van der Waals surface area (Å²) in [5.41, 5.74) is 0. The second kappa shape index (κ2) is 7.06. The Morgan fingerprint density at radius 1 is 1.21 bits per heavy atom. The lowest BCUT2D eigenvalue weighted by atomic mass is 9.84. The van der Waals surface area contributed by atoms with Crippen molar-refractivity contribution in [1.29, 1.82) is 0 Å². The normalized spacial score (nSPS) is 30.6. The standard InChI is InChI=1S/C15H26N2O2/c1-2-14(18)16-13-8-6-12(7-9-13)15(19)17-10-4-3-5-11-17/h2,12-13,15,19H,1,3-11H2,(H,16,18). The van der Waals surface area contributed by atoms with E-state index >= 15 is 0 Å². The molecule has 0 aromatic carbocycles. The molecule has 1 aliphatic heterocycles. The number of hydrogen-bond donors (Lipinski definition) is 2. The summed E-state index contributed by atoms with van der Waals surface area (Å²) in [5.74, 6) is 0.287. The largest absolute Gasteiger partial charge is 0.378 e. The molecule has 0 spiro atoms. The number of amides is 1. The van der Waals surface area contributed by atoms with Gasteiger partial charge in [0.2, 0.25) is 5.91 Å². The lowest BCUT2D eigenvalue weighted by Gasteiger charge is -2.38. The number of rotatable bonds is 4. The summed E-state index contributed by atoms with van der Waals surface area (Å²) in [5, 5.41) is 13.4. The molecule has 1 heterocycles. The minimum Gasteiger partial charge on any atom is -0.378 e. The van der Waals surface area contributed by atoms with E-state index in [1.807, 2.05) is 0 Å². The summed E-state index contributed by atoms with van der Waals surface area (Å²) in [4.78, 5) is 13.5. The first kappa shape index (κ1) is 14.5. The summed E-state index contributed by atoms with van der Waals surface area (Å²) in [7, 11) is 0. The van der Waals surface area contributed by atoms with Crippen LogP contribution in [0.5, 0.6) is 0 Å². The molecule has 4 heteroatoms. The number of carbonyl (C=O) groups is 1. The van der Waals surface area contributed by atoms with Gasteiger partial charge >= 0.3 is 0 Å². The number of likely N-dealkylation sites (tertiary alicyclic amines) is 1. The number of nitrogens with zero attached hydrogens (tertiary/aromatic N) is 1. The highest BCUT2D eigenvalue weighted by Gasteiger charge is 2.30. The quantitative estimate of drug-likeness (QED) is 0.761. The van der Waals surface area contributed by atoms with E-state index in [-0.39, 0.29) is 18.2 Å². The molecule has 1 unspecified atom stereocenters. The Morgan fingerprint density at radius 2 is 1.84 bits per heavy atom. The number of nitrogens with one attached hydrogen (secondary N) is 1. The van der Waals surface area contributed by atoms with E-state index < -0.39 is 0 Å². The average molecular weight is 266 g/mol. The van der Waals surface area contributed by atoms with Gasteiger partial charge in [-0.2, -0.15) is 0 Å². The minimum absolute atomic E-state index is 0.0833. The maximum absolute atomic E-state index is 11.3. The van der Waals surface area contributed by atoms with E-state index in [4.69, 9.17) is 0 Å². The molecule has 1 amide bonds. The molecular formula is C15H26N2O2. The Balaban J connectivity index is 1.75. The zero-order valence-electron chi connectivity index (χ0n) is 11.7. The molecule has 1 aliphatic carbocycles. The third kappa shape index (κ3) is 4.05. The second-order valence-corrected chi connectivity index (χ2v) is 5.83. The van der Waals surface area contributed by atoms with E-state index in [1.54, 1.807) is 0 Å². The smallest absolute Gasteiger partial charge is 0.243 e. The Kier molecular flexibility index (Phi) is 5.40. The van der Waals surface area contributed by atoms with Gasteiger partial charge in [0.1, 0.15) is 6.23 Å². The third-order valence-corrected chi connectivity index (χ3v) is 4.49. The van der Waals surface area contributed by atoms with Gasteiger partial charge in [-0.1, -0.05) is 13.0 Å². The molecular weight excluding hydrogens is 240 g/mol. The van der Waals surface area contributed by atoms with Crippen molar-refractivity contribution in [3.8, 4) is 0 Å². The summed E-state index contributed by atoms with van der Waals surface area (Å²) in [6, 6.07) is 0.260. The van der Waals surface area contributed by atoms with Crippen LogP contribution in [0, 0.1) is 5.92 Å². The number of piperidine rings is 1. The van der Waals surface area contributed by atoms with E-state index in [9.17, 15) is 9.90 Å². The van der Waals surface area contributed by atoms with Crippen molar-refractivity contribution in [3.05, 3.63) is 12.7 Å². The number of hydrogen-bond acceptors (Lipinski definition) is 3. The van der Waals surface area contributed by atoms with Crippen molar-refractivity contribution >= 4 is 5.91 Å². The van der Waals surface area contributed by atoms with Gasteiger partial charge < -0.3 is 10.4 Å². The molecule has 2 N–H and O–H groups in total. The Hall–Kier alpha value is -0.870. The minimum atomic E-state index is -0.281. The maximum Gasteiger partial charge on any atom is 0.243 e. The molecule has 2 rings (SSSR count). The summed E-state index contributed by atoms with van der Waals surface area (Å²) in [6.07, 6.45) is 8.70. The van der Waals surface area contributed by atoms with Crippen LogP contribution < -0.4 is 5.32 Å². The first-order chi connectivity index (χ1) is 9.20.